The number of halogens is 1. The van der Waals surface area contributed by atoms with E-state index < -0.39 is 0 Å². The highest BCUT2D eigenvalue weighted by atomic mass is 35.5. The first kappa shape index (κ1) is 14.7. The van der Waals surface area contributed by atoms with Crippen molar-refractivity contribution >= 4 is 17.4 Å². The van der Waals surface area contributed by atoms with Crippen LogP contribution >= 0.6 is 11.6 Å². The molecule has 2 aromatic rings. The summed E-state index contributed by atoms with van der Waals surface area (Å²) in [6.07, 6.45) is 4.20. The number of anilines is 1. The maximum Gasteiger partial charge on any atom is 0.152 e. The van der Waals surface area contributed by atoms with Crippen LogP contribution in [0.25, 0.3) is 0 Å². The standard InChI is InChI=1S/C12H17ClN6O/c1-9-14-6-10(13)12(17-9)15-7-11-18-16-8-19(11)4-3-5-20-2/h6,8H,3-5,7H2,1-2H3,(H,14,15,17). The Hall–Kier alpha value is -1.73. The van der Waals surface area contributed by atoms with E-state index in [-0.39, 0.29) is 0 Å². The molecule has 0 aliphatic rings. The molecule has 108 valence electrons. The second-order valence-electron chi connectivity index (χ2n) is 4.25. The molecule has 2 rings (SSSR count). The molecule has 0 aromatic carbocycles. The van der Waals surface area contributed by atoms with Crippen LogP contribution < -0.4 is 5.32 Å². The first-order chi connectivity index (χ1) is 9.70. The minimum atomic E-state index is 0.487. The Morgan fingerprint density at radius 2 is 2.30 bits per heavy atom. The Kier molecular flexibility index (Phi) is 5.25. The summed E-state index contributed by atoms with van der Waals surface area (Å²) in [5.41, 5.74) is 0. The Morgan fingerprint density at radius 3 is 3.10 bits per heavy atom. The van der Waals surface area contributed by atoms with Crippen LogP contribution in [0.5, 0.6) is 0 Å². The lowest BCUT2D eigenvalue weighted by Gasteiger charge is -2.09. The lowest BCUT2D eigenvalue weighted by Crippen LogP contribution is -2.11. The van der Waals surface area contributed by atoms with E-state index in [4.69, 9.17) is 16.3 Å². The zero-order chi connectivity index (χ0) is 14.4. The minimum absolute atomic E-state index is 0.487. The van der Waals surface area contributed by atoms with Gasteiger partial charge in [-0.25, -0.2) is 9.97 Å². The third kappa shape index (κ3) is 3.88. The van der Waals surface area contributed by atoms with E-state index in [1.807, 2.05) is 11.5 Å². The van der Waals surface area contributed by atoms with E-state index in [9.17, 15) is 0 Å². The first-order valence-corrected chi connectivity index (χ1v) is 6.67. The van der Waals surface area contributed by atoms with Gasteiger partial charge < -0.3 is 14.6 Å². The normalized spacial score (nSPS) is 10.8. The van der Waals surface area contributed by atoms with Crippen molar-refractivity contribution in [3.05, 3.63) is 29.2 Å². The first-order valence-electron chi connectivity index (χ1n) is 6.29. The monoisotopic (exact) mass is 296 g/mol. The summed E-state index contributed by atoms with van der Waals surface area (Å²) in [6.45, 7) is 3.84. The molecule has 20 heavy (non-hydrogen) atoms. The number of nitrogens with zero attached hydrogens (tertiary/aromatic N) is 5. The highest BCUT2D eigenvalue weighted by Gasteiger charge is 2.07. The summed E-state index contributed by atoms with van der Waals surface area (Å²) < 4.78 is 7.01. The van der Waals surface area contributed by atoms with Gasteiger partial charge in [-0.3, -0.25) is 0 Å². The van der Waals surface area contributed by atoms with Gasteiger partial charge in [0.15, 0.2) is 5.82 Å². The summed E-state index contributed by atoms with van der Waals surface area (Å²) in [4.78, 5) is 8.27. The fourth-order valence-corrected chi connectivity index (χ4v) is 1.88. The quantitative estimate of drug-likeness (QED) is 0.783. The third-order valence-electron chi connectivity index (χ3n) is 2.72. The number of ether oxygens (including phenoxy) is 1. The highest BCUT2D eigenvalue weighted by Crippen LogP contribution is 2.18. The molecule has 1 N–H and O–H groups in total. The fraction of sp³-hybridized carbons (Fsp3) is 0.500. The topological polar surface area (TPSA) is 77.8 Å². The number of methoxy groups -OCH3 is 1. The van der Waals surface area contributed by atoms with E-state index in [0.29, 0.717) is 29.8 Å². The molecule has 2 aromatic heterocycles. The fourth-order valence-electron chi connectivity index (χ4n) is 1.72. The molecule has 0 radical (unpaired) electrons. The molecule has 0 atom stereocenters. The van der Waals surface area contributed by atoms with Crippen molar-refractivity contribution in [3.63, 3.8) is 0 Å². The van der Waals surface area contributed by atoms with Crippen molar-refractivity contribution in [2.24, 2.45) is 0 Å². The summed E-state index contributed by atoms with van der Waals surface area (Å²) in [5.74, 6) is 2.09. The van der Waals surface area contributed by atoms with Gasteiger partial charge in [-0.2, -0.15) is 0 Å². The van der Waals surface area contributed by atoms with Crippen LogP contribution in [0.1, 0.15) is 18.1 Å². The SMILES string of the molecule is COCCCn1cnnc1CNc1nc(C)ncc1Cl. The van der Waals surface area contributed by atoms with Crippen molar-refractivity contribution in [2.75, 3.05) is 19.0 Å². The predicted octanol–water partition coefficient (Wildman–Crippen LogP) is 1.68. The van der Waals surface area contributed by atoms with Gasteiger partial charge in [0, 0.05) is 20.3 Å². The molecule has 0 saturated carbocycles. The zero-order valence-corrected chi connectivity index (χ0v) is 12.3. The molecule has 2 heterocycles. The Balaban J connectivity index is 1.97. The van der Waals surface area contributed by atoms with Gasteiger partial charge in [-0.15, -0.1) is 10.2 Å². The van der Waals surface area contributed by atoms with E-state index >= 15 is 0 Å². The highest BCUT2D eigenvalue weighted by molar-refractivity contribution is 6.32. The van der Waals surface area contributed by atoms with Crippen molar-refractivity contribution in [1.29, 1.82) is 0 Å². The molecule has 0 fully saturated rings. The molecule has 8 heteroatoms. The summed E-state index contributed by atoms with van der Waals surface area (Å²) in [5, 5.41) is 11.6. The van der Waals surface area contributed by atoms with Crippen LogP contribution in [0.15, 0.2) is 12.5 Å². The molecule has 0 aliphatic heterocycles. The number of aromatic nitrogens is 5. The Labute approximate surface area is 122 Å². The second kappa shape index (κ2) is 7.16. The molecular formula is C12H17ClN6O. The average Bonchev–Trinajstić information content (AvgIpc) is 2.88. The van der Waals surface area contributed by atoms with Gasteiger partial charge in [0.2, 0.25) is 0 Å². The predicted molar refractivity (Wildman–Crippen MR) is 75.6 cm³/mol. The van der Waals surface area contributed by atoms with E-state index in [1.54, 1.807) is 19.6 Å². The van der Waals surface area contributed by atoms with Gasteiger partial charge >= 0.3 is 0 Å². The molecule has 0 amide bonds. The number of rotatable bonds is 7. The number of hydrogen-bond donors (Lipinski definition) is 1. The van der Waals surface area contributed by atoms with E-state index in [0.717, 1.165) is 18.8 Å². The molecular weight excluding hydrogens is 280 g/mol. The molecule has 0 spiro atoms. The minimum Gasteiger partial charge on any atom is -0.385 e. The zero-order valence-electron chi connectivity index (χ0n) is 11.5. The number of hydrogen-bond acceptors (Lipinski definition) is 6. The van der Waals surface area contributed by atoms with E-state index in [1.165, 1.54) is 0 Å². The third-order valence-corrected chi connectivity index (χ3v) is 3.00. The van der Waals surface area contributed by atoms with Crippen molar-refractivity contribution < 1.29 is 4.74 Å². The lowest BCUT2D eigenvalue weighted by atomic mass is 10.4. The summed E-state index contributed by atoms with van der Waals surface area (Å²) >= 11 is 6.03. The maximum atomic E-state index is 6.03. The smallest absolute Gasteiger partial charge is 0.152 e. The van der Waals surface area contributed by atoms with Gasteiger partial charge in [0.05, 0.1) is 12.7 Å². The van der Waals surface area contributed by atoms with Crippen molar-refractivity contribution in [2.45, 2.75) is 26.4 Å². The number of aryl methyl sites for hydroxylation is 2. The van der Waals surface area contributed by atoms with Crippen LogP contribution in [-0.2, 0) is 17.8 Å². The lowest BCUT2D eigenvalue weighted by molar-refractivity contribution is 0.190. The molecule has 0 bridgehead atoms. The van der Waals surface area contributed by atoms with Crippen LogP contribution in [0.3, 0.4) is 0 Å². The summed E-state index contributed by atoms with van der Waals surface area (Å²) in [6, 6.07) is 0. The largest absolute Gasteiger partial charge is 0.385 e. The van der Waals surface area contributed by atoms with Gasteiger partial charge in [0.1, 0.15) is 23.0 Å². The van der Waals surface area contributed by atoms with Crippen LogP contribution in [0.4, 0.5) is 5.82 Å². The molecule has 0 unspecified atom stereocenters. The van der Waals surface area contributed by atoms with Crippen molar-refractivity contribution in [3.8, 4) is 0 Å². The van der Waals surface area contributed by atoms with Crippen molar-refractivity contribution in [1.82, 2.24) is 24.7 Å². The summed E-state index contributed by atoms with van der Waals surface area (Å²) in [7, 11) is 1.69. The molecule has 7 nitrogen and oxygen atoms in total. The van der Waals surface area contributed by atoms with Gasteiger partial charge in [-0.05, 0) is 13.3 Å². The van der Waals surface area contributed by atoms with Gasteiger partial charge in [-0.1, -0.05) is 11.6 Å². The van der Waals surface area contributed by atoms with Crippen LogP contribution in [-0.4, -0.2) is 38.4 Å². The van der Waals surface area contributed by atoms with Crippen LogP contribution in [0, 0.1) is 6.92 Å². The number of nitrogens with one attached hydrogen (secondary N) is 1. The van der Waals surface area contributed by atoms with Crippen LogP contribution in [0.2, 0.25) is 5.02 Å². The maximum absolute atomic E-state index is 6.03. The van der Waals surface area contributed by atoms with E-state index in [2.05, 4.69) is 25.5 Å². The Morgan fingerprint density at radius 1 is 1.45 bits per heavy atom. The van der Waals surface area contributed by atoms with Gasteiger partial charge in [0.25, 0.3) is 0 Å². The molecule has 0 saturated heterocycles. The molecule has 0 aliphatic carbocycles. The second-order valence-corrected chi connectivity index (χ2v) is 4.66. The Bertz CT molecular complexity index is 559. The average molecular weight is 297 g/mol.